The summed E-state index contributed by atoms with van der Waals surface area (Å²) in [4.78, 5) is 12.4. The van der Waals surface area contributed by atoms with Crippen LogP contribution >= 0.6 is 0 Å². The zero-order valence-electron chi connectivity index (χ0n) is 15.0. The van der Waals surface area contributed by atoms with Gasteiger partial charge in [-0.3, -0.25) is 4.79 Å². The summed E-state index contributed by atoms with van der Waals surface area (Å²) >= 11 is 0. The van der Waals surface area contributed by atoms with Crippen LogP contribution in [-0.4, -0.2) is 34.6 Å². The monoisotopic (exact) mass is 376 g/mol. The summed E-state index contributed by atoms with van der Waals surface area (Å²) in [6.07, 6.45) is 1.52. The van der Waals surface area contributed by atoms with Gasteiger partial charge in [-0.15, -0.1) is 0 Å². The van der Waals surface area contributed by atoms with Gasteiger partial charge in [0.15, 0.2) is 0 Å². The molecule has 2 rings (SSSR count). The second-order valence-corrected chi connectivity index (χ2v) is 7.54. The molecule has 1 amide bonds. The van der Waals surface area contributed by atoms with Gasteiger partial charge in [0.05, 0.1) is 4.90 Å². The Bertz CT molecular complexity index is 816. The number of sulfonamides is 1. The minimum absolute atomic E-state index is 0.124. The maximum absolute atomic E-state index is 12.3. The topological polar surface area (TPSA) is 84.5 Å². The van der Waals surface area contributed by atoms with Crippen LogP contribution in [0.2, 0.25) is 0 Å². The van der Waals surface area contributed by atoms with E-state index in [0.717, 1.165) is 6.42 Å². The summed E-state index contributed by atoms with van der Waals surface area (Å²) in [5.74, 6) is -0.286. The van der Waals surface area contributed by atoms with Crippen LogP contribution in [0.5, 0.6) is 0 Å². The number of amides is 1. The first kappa shape index (κ1) is 20.1. The van der Waals surface area contributed by atoms with Crippen LogP contribution in [-0.2, 0) is 21.2 Å². The molecular weight excluding hydrogens is 352 g/mol. The smallest absolute Gasteiger partial charge is 0.255 e. The number of carbonyl (C=O) groups excluding carboxylic acids is 1. The van der Waals surface area contributed by atoms with Crippen LogP contribution in [0.15, 0.2) is 53.4 Å². The van der Waals surface area contributed by atoms with Gasteiger partial charge in [-0.05, 0) is 54.8 Å². The zero-order valence-corrected chi connectivity index (χ0v) is 15.8. The van der Waals surface area contributed by atoms with Crippen molar-refractivity contribution < 1.29 is 17.9 Å². The summed E-state index contributed by atoms with van der Waals surface area (Å²) in [6.45, 7) is 2.85. The largest absolute Gasteiger partial charge is 0.385 e. The van der Waals surface area contributed by atoms with Gasteiger partial charge in [-0.2, -0.15) is 0 Å². The molecule has 0 bridgehead atoms. The molecule has 26 heavy (non-hydrogen) atoms. The molecular formula is C19H24N2O4S. The molecule has 0 fully saturated rings. The first-order chi connectivity index (χ1) is 12.5. The van der Waals surface area contributed by atoms with Crippen molar-refractivity contribution in [3.63, 3.8) is 0 Å². The summed E-state index contributed by atoms with van der Waals surface area (Å²) in [5, 5.41) is 2.80. The lowest BCUT2D eigenvalue weighted by molar-refractivity contribution is 0.102. The molecule has 0 aliphatic carbocycles. The van der Waals surface area contributed by atoms with Crippen molar-refractivity contribution in [2.75, 3.05) is 25.6 Å². The van der Waals surface area contributed by atoms with Crippen molar-refractivity contribution >= 4 is 21.6 Å². The predicted octanol–water partition coefficient (Wildman–Crippen LogP) is 2.82. The Kier molecular flexibility index (Phi) is 7.32. The molecule has 0 saturated heterocycles. The SMILES string of the molecule is CCc1ccc(NC(=O)c2ccc(S(=O)(=O)NCCCOC)cc2)cc1. The van der Waals surface area contributed by atoms with Crippen molar-refractivity contribution in [1.82, 2.24) is 4.72 Å². The maximum Gasteiger partial charge on any atom is 0.255 e. The van der Waals surface area contributed by atoms with E-state index in [0.29, 0.717) is 30.8 Å². The molecule has 0 aliphatic rings. The van der Waals surface area contributed by atoms with E-state index in [1.54, 1.807) is 7.11 Å². The van der Waals surface area contributed by atoms with Gasteiger partial charge in [0.2, 0.25) is 10.0 Å². The van der Waals surface area contributed by atoms with E-state index in [9.17, 15) is 13.2 Å². The van der Waals surface area contributed by atoms with Gasteiger partial charge in [0.25, 0.3) is 5.91 Å². The molecule has 0 spiro atoms. The maximum atomic E-state index is 12.3. The second-order valence-electron chi connectivity index (χ2n) is 5.77. The van der Waals surface area contributed by atoms with E-state index in [1.807, 2.05) is 24.3 Å². The lowest BCUT2D eigenvalue weighted by Crippen LogP contribution is -2.25. The molecule has 0 aliphatic heterocycles. The molecule has 0 radical (unpaired) electrons. The first-order valence-electron chi connectivity index (χ1n) is 8.45. The number of nitrogens with one attached hydrogen (secondary N) is 2. The highest BCUT2D eigenvalue weighted by atomic mass is 32.2. The Morgan fingerprint density at radius 2 is 1.69 bits per heavy atom. The Hall–Kier alpha value is -2.22. The first-order valence-corrected chi connectivity index (χ1v) is 9.93. The van der Waals surface area contributed by atoms with E-state index < -0.39 is 10.0 Å². The third kappa shape index (κ3) is 5.66. The van der Waals surface area contributed by atoms with E-state index in [-0.39, 0.29) is 10.8 Å². The fourth-order valence-electron chi connectivity index (χ4n) is 2.32. The van der Waals surface area contributed by atoms with Crippen LogP contribution in [0.4, 0.5) is 5.69 Å². The molecule has 0 unspecified atom stereocenters. The summed E-state index contributed by atoms with van der Waals surface area (Å²) < 4.78 is 31.7. The number of rotatable bonds is 9. The number of methoxy groups -OCH3 is 1. The van der Waals surface area contributed by atoms with Gasteiger partial charge in [0.1, 0.15) is 0 Å². The van der Waals surface area contributed by atoms with Crippen LogP contribution in [0.1, 0.15) is 29.3 Å². The number of ether oxygens (including phenoxy) is 1. The van der Waals surface area contributed by atoms with Gasteiger partial charge in [-0.1, -0.05) is 19.1 Å². The molecule has 6 nitrogen and oxygen atoms in total. The minimum Gasteiger partial charge on any atom is -0.385 e. The average Bonchev–Trinajstić information content (AvgIpc) is 2.66. The molecule has 0 atom stereocenters. The van der Waals surface area contributed by atoms with E-state index in [2.05, 4.69) is 17.0 Å². The quantitative estimate of drug-likeness (QED) is 0.659. The molecule has 0 heterocycles. The molecule has 0 aromatic heterocycles. The normalized spacial score (nSPS) is 11.3. The zero-order chi connectivity index (χ0) is 19.0. The van der Waals surface area contributed by atoms with Crippen molar-refractivity contribution in [3.8, 4) is 0 Å². The van der Waals surface area contributed by atoms with Crippen molar-refractivity contribution in [3.05, 3.63) is 59.7 Å². The number of hydrogen-bond acceptors (Lipinski definition) is 4. The lowest BCUT2D eigenvalue weighted by Gasteiger charge is -2.08. The van der Waals surface area contributed by atoms with E-state index in [1.165, 1.54) is 29.8 Å². The van der Waals surface area contributed by atoms with Crippen LogP contribution in [0.25, 0.3) is 0 Å². The van der Waals surface area contributed by atoms with Crippen molar-refractivity contribution in [1.29, 1.82) is 0 Å². The fourth-order valence-corrected chi connectivity index (χ4v) is 3.39. The number of benzene rings is 2. The van der Waals surface area contributed by atoms with Gasteiger partial charge >= 0.3 is 0 Å². The third-order valence-corrected chi connectivity index (χ3v) is 5.34. The van der Waals surface area contributed by atoms with Gasteiger partial charge in [-0.25, -0.2) is 13.1 Å². The molecule has 2 N–H and O–H groups in total. The molecule has 0 saturated carbocycles. The number of anilines is 1. The average molecular weight is 376 g/mol. The van der Waals surface area contributed by atoms with Crippen LogP contribution < -0.4 is 10.0 Å². The Morgan fingerprint density at radius 1 is 1.04 bits per heavy atom. The lowest BCUT2D eigenvalue weighted by atomic mass is 10.1. The molecule has 2 aromatic carbocycles. The number of aryl methyl sites for hydroxylation is 1. The van der Waals surface area contributed by atoms with Gasteiger partial charge in [0, 0.05) is 31.5 Å². The van der Waals surface area contributed by atoms with Crippen molar-refractivity contribution in [2.45, 2.75) is 24.7 Å². The van der Waals surface area contributed by atoms with E-state index in [4.69, 9.17) is 4.74 Å². The minimum atomic E-state index is -3.59. The highest BCUT2D eigenvalue weighted by Crippen LogP contribution is 2.14. The molecule has 7 heteroatoms. The third-order valence-electron chi connectivity index (χ3n) is 3.86. The molecule has 2 aromatic rings. The Morgan fingerprint density at radius 3 is 2.27 bits per heavy atom. The summed E-state index contributed by atoms with van der Waals surface area (Å²) in [7, 11) is -2.02. The Balaban J connectivity index is 2.00. The predicted molar refractivity (Wildman–Crippen MR) is 102 cm³/mol. The fraction of sp³-hybridized carbons (Fsp3) is 0.316. The van der Waals surface area contributed by atoms with Gasteiger partial charge < -0.3 is 10.1 Å². The summed E-state index contributed by atoms with van der Waals surface area (Å²) in [6, 6.07) is 13.5. The van der Waals surface area contributed by atoms with Crippen LogP contribution in [0, 0.1) is 0 Å². The highest BCUT2D eigenvalue weighted by molar-refractivity contribution is 7.89. The summed E-state index contributed by atoms with van der Waals surface area (Å²) in [5.41, 5.74) is 2.28. The highest BCUT2D eigenvalue weighted by Gasteiger charge is 2.14. The molecule has 140 valence electrons. The second kappa shape index (κ2) is 9.47. The van der Waals surface area contributed by atoms with Crippen LogP contribution in [0.3, 0.4) is 0 Å². The van der Waals surface area contributed by atoms with E-state index >= 15 is 0 Å². The Labute approximate surface area is 154 Å². The number of hydrogen-bond donors (Lipinski definition) is 2. The number of carbonyl (C=O) groups is 1. The standard InChI is InChI=1S/C19H24N2O4S/c1-3-15-5-9-17(10-6-15)21-19(22)16-7-11-18(12-8-16)26(23,24)20-13-4-14-25-2/h5-12,20H,3-4,13-14H2,1-2H3,(H,21,22). The van der Waals surface area contributed by atoms with Crippen molar-refractivity contribution in [2.24, 2.45) is 0 Å².